The van der Waals surface area contributed by atoms with Gasteiger partial charge >= 0.3 is 5.97 Å². The molecule has 0 saturated carbocycles. The van der Waals surface area contributed by atoms with Crippen LogP contribution in [-0.2, 0) is 9.53 Å². The van der Waals surface area contributed by atoms with Gasteiger partial charge in [0, 0.05) is 24.8 Å². The largest absolute Gasteiger partial charge is 0.496 e. The third kappa shape index (κ3) is 3.45. The van der Waals surface area contributed by atoms with Gasteiger partial charge < -0.3 is 20.1 Å². The number of carbonyl (C=O) groups is 2. The number of rotatable bonds is 4. The second-order valence-corrected chi connectivity index (χ2v) is 5.04. The maximum Gasteiger partial charge on any atom is 0.342 e. The number of likely N-dealkylation sites (tertiary alicyclic amines) is 1. The molecule has 1 aliphatic heterocycles. The van der Waals surface area contributed by atoms with E-state index in [1.807, 2.05) is 0 Å². The SMILES string of the molecule is COc1cc(N)ccc1C(=O)OC(C)C(=O)N1CCCC1. The number of esters is 1. The van der Waals surface area contributed by atoms with Gasteiger partial charge in [-0.1, -0.05) is 0 Å². The van der Waals surface area contributed by atoms with E-state index in [4.69, 9.17) is 15.2 Å². The highest BCUT2D eigenvalue weighted by molar-refractivity contribution is 5.95. The molecule has 0 spiro atoms. The van der Waals surface area contributed by atoms with Crippen molar-refractivity contribution in [3.05, 3.63) is 23.8 Å². The molecule has 0 bridgehead atoms. The molecule has 6 heteroatoms. The van der Waals surface area contributed by atoms with E-state index in [9.17, 15) is 9.59 Å². The van der Waals surface area contributed by atoms with Crippen LogP contribution in [0.25, 0.3) is 0 Å². The molecule has 1 heterocycles. The van der Waals surface area contributed by atoms with E-state index >= 15 is 0 Å². The summed E-state index contributed by atoms with van der Waals surface area (Å²) in [6, 6.07) is 4.67. The van der Waals surface area contributed by atoms with E-state index in [1.54, 1.807) is 24.0 Å². The van der Waals surface area contributed by atoms with Crippen molar-refractivity contribution >= 4 is 17.6 Å². The third-order valence-corrected chi connectivity index (χ3v) is 3.49. The molecule has 6 nitrogen and oxygen atoms in total. The van der Waals surface area contributed by atoms with Crippen LogP contribution in [0.5, 0.6) is 5.75 Å². The number of hydrogen-bond acceptors (Lipinski definition) is 5. The molecule has 2 N–H and O–H groups in total. The summed E-state index contributed by atoms with van der Waals surface area (Å²) in [4.78, 5) is 26.0. The summed E-state index contributed by atoms with van der Waals surface area (Å²) in [5.41, 5.74) is 6.39. The molecular formula is C15H20N2O4. The van der Waals surface area contributed by atoms with E-state index in [2.05, 4.69) is 0 Å². The van der Waals surface area contributed by atoms with Gasteiger partial charge in [-0.15, -0.1) is 0 Å². The fourth-order valence-electron chi connectivity index (χ4n) is 2.35. The molecule has 1 aromatic rings. The Morgan fingerprint density at radius 3 is 2.57 bits per heavy atom. The van der Waals surface area contributed by atoms with Crippen LogP contribution in [0.1, 0.15) is 30.1 Å². The van der Waals surface area contributed by atoms with Gasteiger partial charge in [0.25, 0.3) is 5.91 Å². The average molecular weight is 292 g/mol. The van der Waals surface area contributed by atoms with E-state index in [1.165, 1.54) is 13.2 Å². The fourth-order valence-corrected chi connectivity index (χ4v) is 2.35. The lowest BCUT2D eigenvalue weighted by Gasteiger charge is -2.20. The molecule has 1 amide bonds. The fraction of sp³-hybridized carbons (Fsp3) is 0.467. The number of nitrogens with two attached hydrogens (primary N) is 1. The second kappa shape index (κ2) is 6.47. The smallest absolute Gasteiger partial charge is 0.342 e. The lowest BCUT2D eigenvalue weighted by Crippen LogP contribution is -2.38. The Kier molecular flexibility index (Phi) is 4.67. The molecule has 1 aromatic carbocycles. The van der Waals surface area contributed by atoms with Crippen molar-refractivity contribution in [2.45, 2.75) is 25.9 Å². The van der Waals surface area contributed by atoms with Gasteiger partial charge in [-0.2, -0.15) is 0 Å². The molecule has 114 valence electrons. The predicted molar refractivity (Wildman–Crippen MR) is 78.1 cm³/mol. The van der Waals surface area contributed by atoms with Crippen LogP contribution in [0, 0.1) is 0 Å². The van der Waals surface area contributed by atoms with Gasteiger partial charge in [-0.05, 0) is 31.9 Å². The average Bonchev–Trinajstić information content (AvgIpc) is 3.00. The highest BCUT2D eigenvalue weighted by Crippen LogP contribution is 2.23. The zero-order valence-corrected chi connectivity index (χ0v) is 12.3. The van der Waals surface area contributed by atoms with Crippen LogP contribution in [0.2, 0.25) is 0 Å². The Morgan fingerprint density at radius 2 is 1.95 bits per heavy atom. The molecule has 1 aliphatic rings. The van der Waals surface area contributed by atoms with Crippen molar-refractivity contribution in [1.29, 1.82) is 0 Å². The van der Waals surface area contributed by atoms with Crippen molar-refractivity contribution in [2.75, 3.05) is 25.9 Å². The Balaban J connectivity index is 2.05. The van der Waals surface area contributed by atoms with Crippen LogP contribution >= 0.6 is 0 Å². The summed E-state index contributed by atoms with van der Waals surface area (Å²) in [6.45, 7) is 3.04. The highest BCUT2D eigenvalue weighted by Gasteiger charge is 2.27. The van der Waals surface area contributed by atoms with Crippen LogP contribution in [0.3, 0.4) is 0 Å². The summed E-state index contributed by atoms with van der Waals surface area (Å²) >= 11 is 0. The number of anilines is 1. The summed E-state index contributed by atoms with van der Waals surface area (Å²) in [7, 11) is 1.45. The first-order valence-corrected chi connectivity index (χ1v) is 6.96. The van der Waals surface area contributed by atoms with Crippen molar-refractivity contribution in [1.82, 2.24) is 4.90 Å². The van der Waals surface area contributed by atoms with Gasteiger partial charge in [-0.3, -0.25) is 4.79 Å². The summed E-state index contributed by atoms with van der Waals surface area (Å²) in [5.74, 6) is -0.414. The number of ether oxygens (including phenoxy) is 2. The van der Waals surface area contributed by atoms with Crippen molar-refractivity contribution < 1.29 is 19.1 Å². The van der Waals surface area contributed by atoms with Crippen molar-refractivity contribution in [3.8, 4) is 5.75 Å². The summed E-state index contributed by atoms with van der Waals surface area (Å²) in [5, 5.41) is 0. The minimum Gasteiger partial charge on any atom is -0.496 e. The van der Waals surface area contributed by atoms with Crippen LogP contribution in [-0.4, -0.2) is 43.1 Å². The molecule has 0 aromatic heterocycles. The lowest BCUT2D eigenvalue weighted by atomic mass is 10.2. The molecule has 1 fully saturated rings. The zero-order valence-electron chi connectivity index (χ0n) is 12.3. The zero-order chi connectivity index (χ0) is 15.4. The van der Waals surface area contributed by atoms with E-state index in [-0.39, 0.29) is 11.5 Å². The second-order valence-electron chi connectivity index (χ2n) is 5.04. The van der Waals surface area contributed by atoms with E-state index in [0.29, 0.717) is 11.4 Å². The Bertz CT molecular complexity index is 538. The van der Waals surface area contributed by atoms with Gasteiger partial charge in [0.15, 0.2) is 6.10 Å². The van der Waals surface area contributed by atoms with Crippen LogP contribution in [0.4, 0.5) is 5.69 Å². The first-order valence-electron chi connectivity index (χ1n) is 6.96. The Morgan fingerprint density at radius 1 is 1.29 bits per heavy atom. The van der Waals surface area contributed by atoms with Crippen LogP contribution < -0.4 is 10.5 Å². The third-order valence-electron chi connectivity index (χ3n) is 3.49. The molecule has 1 saturated heterocycles. The summed E-state index contributed by atoms with van der Waals surface area (Å²) < 4.78 is 10.4. The maximum atomic E-state index is 12.2. The predicted octanol–water partition coefficient (Wildman–Crippen LogP) is 1.45. The maximum absolute atomic E-state index is 12.2. The van der Waals surface area contributed by atoms with Gasteiger partial charge in [0.2, 0.25) is 0 Å². The number of nitrogens with zero attached hydrogens (tertiary/aromatic N) is 1. The number of methoxy groups -OCH3 is 1. The van der Waals surface area contributed by atoms with Gasteiger partial charge in [0.05, 0.1) is 7.11 Å². The molecular weight excluding hydrogens is 272 g/mol. The van der Waals surface area contributed by atoms with Crippen molar-refractivity contribution in [2.24, 2.45) is 0 Å². The minimum absolute atomic E-state index is 0.157. The monoisotopic (exact) mass is 292 g/mol. The van der Waals surface area contributed by atoms with Gasteiger partial charge in [0.1, 0.15) is 11.3 Å². The number of hydrogen-bond donors (Lipinski definition) is 1. The lowest BCUT2D eigenvalue weighted by molar-refractivity contribution is -0.138. The minimum atomic E-state index is -0.808. The molecule has 1 atom stereocenters. The normalized spacial score (nSPS) is 15.6. The van der Waals surface area contributed by atoms with Crippen molar-refractivity contribution in [3.63, 3.8) is 0 Å². The topological polar surface area (TPSA) is 81.9 Å². The number of carbonyl (C=O) groups excluding carboxylic acids is 2. The van der Waals surface area contributed by atoms with Gasteiger partial charge in [-0.25, -0.2) is 4.79 Å². The number of nitrogen functional groups attached to an aromatic ring is 1. The molecule has 21 heavy (non-hydrogen) atoms. The standard InChI is InChI=1S/C15H20N2O4/c1-10(14(18)17-7-3-4-8-17)21-15(19)12-6-5-11(16)9-13(12)20-2/h5-6,9-10H,3-4,7-8,16H2,1-2H3. The highest BCUT2D eigenvalue weighted by atomic mass is 16.5. The molecule has 0 radical (unpaired) electrons. The van der Waals surface area contributed by atoms with Crippen LogP contribution in [0.15, 0.2) is 18.2 Å². The van der Waals surface area contributed by atoms with E-state index in [0.717, 1.165) is 25.9 Å². The summed E-state index contributed by atoms with van der Waals surface area (Å²) in [6.07, 6.45) is 1.19. The number of amides is 1. The first kappa shape index (κ1) is 15.2. The molecule has 2 rings (SSSR count). The molecule has 0 aliphatic carbocycles. The molecule has 1 unspecified atom stereocenters. The Hall–Kier alpha value is -2.24. The first-order chi connectivity index (χ1) is 10.0. The van der Waals surface area contributed by atoms with E-state index < -0.39 is 12.1 Å². The quantitative estimate of drug-likeness (QED) is 0.671. The Labute approximate surface area is 123 Å². The number of benzene rings is 1.